The van der Waals surface area contributed by atoms with Gasteiger partial charge in [-0.15, -0.1) is 0 Å². The van der Waals surface area contributed by atoms with Crippen LogP contribution >= 0.6 is 0 Å². The van der Waals surface area contributed by atoms with Gasteiger partial charge in [-0.05, 0) is 36.4 Å². The minimum Gasteiger partial charge on any atom is -0.339 e. The number of hydrogen-bond donors (Lipinski definition) is 1. The first kappa shape index (κ1) is 16.3. The molecule has 1 aromatic carbocycles. The molecule has 0 aliphatic carbocycles. The monoisotopic (exact) mass is 367 g/mol. The average molecular weight is 367 g/mol. The lowest BCUT2D eigenvalue weighted by molar-refractivity contribution is 0.601. The maximum absolute atomic E-state index is 12.5. The Balaban J connectivity index is 1.72. The van der Waals surface area contributed by atoms with Crippen LogP contribution in [0.5, 0.6) is 0 Å². The zero-order valence-electron chi connectivity index (χ0n) is 14.3. The minimum atomic E-state index is -3.69. The van der Waals surface area contributed by atoms with E-state index >= 15 is 0 Å². The van der Waals surface area contributed by atoms with E-state index in [1.807, 2.05) is 42.1 Å². The van der Waals surface area contributed by atoms with Gasteiger partial charge < -0.3 is 9.80 Å². The van der Waals surface area contributed by atoms with E-state index in [-0.39, 0.29) is 10.7 Å². The predicted molar refractivity (Wildman–Crippen MR) is 102 cm³/mol. The Hall–Kier alpha value is -3.13. The van der Waals surface area contributed by atoms with Gasteiger partial charge in [0, 0.05) is 20.3 Å². The maximum atomic E-state index is 12.5. The molecular weight excluding hydrogens is 350 g/mol. The summed E-state index contributed by atoms with van der Waals surface area (Å²) in [6.45, 7) is 0. The van der Waals surface area contributed by atoms with Gasteiger partial charge in [0.05, 0.1) is 16.3 Å². The van der Waals surface area contributed by atoms with E-state index in [1.165, 1.54) is 0 Å². The van der Waals surface area contributed by atoms with Gasteiger partial charge in [-0.1, -0.05) is 18.2 Å². The second-order valence-electron chi connectivity index (χ2n) is 5.92. The summed E-state index contributed by atoms with van der Waals surface area (Å²) in [5, 5.41) is 0. The molecule has 26 heavy (non-hydrogen) atoms. The SMILES string of the molecule is CN1c2cccnc2N(C)c2nc(NS(=O)(=O)c3ccccc3)ccc21. The summed E-state index contributed by atoms with van der Waals surface area (Å²) in [5.41, 5.74) is 1.83. The van der Waals surface area contributed by atoms with Gasteiger partial charge >= 0.3 is 0 Å². The lowest BCUT2D eigenvalue weighted by Crippen LogP contribution is -2.26. The first-order valence-corrected chi connectivity index (χ1v) is 9.47. The first-order valence-electron chi connectivity index (χ1n) is 7.99. The number of anilines is 5. The van der Waals surface area contributed by atoms with Gasteiger partial charge in [0.25, 0.3) is 10.0 Å². The van der Waals surface area contributed by atoms with Crippen molar-refractivity contribution >= 4 is 38.9 Å². The average Bonchev–Trinajstić information content (AvgIpc) is 2.66. The van der Waals surface area contributed by atoms with Crippen LogP contribution in [0.1, 0.15) is 0 Å². The van der Waals surface area contributed by atoms with Crippen molar-refractivity contribution in [3.8, 4) is 0 Å². The molecule has 0 fully saturated rings. The fraction of sp³-hybridized carbons (Fsp3) is 0.111. The summed E-state index contributed by atoms with van der Waals surface area (Å²) in [7, 11) is 0.102. The largest absolute Gasteiger partial charge is 0.339 e. The molecule has 0 saturated carbocycles. The second kappa shape index (κ2) is 5.99. The van der Waals surface area contributed by atoms with E-state index < -0.39 is 10.0 Å². The van der Waals surface area contributed by atoms with Gasteiger partial charge in [-0.3, -0.25) is 4.72 Å². The molecule has 2 aromatic heterocycles. The number of nitrogens with zero attached hydrogens (tertiary/aromatic N) is 4. The fourth-order valence-corrected chi connectivity index (χ4v) is 3.96. The van der Waals surface area contributed by atoms with Crippen molar-refractivity contribution in [3.63, 3.8) is 0 Å². The van der Waals surface area contributed by atoms with Gasteiger partial charge in [-0.25, -0.2) is 18.4 Å². The van der Waals surface area contributed by atoms with Gasteiger partial charge in [0.2, 0.25) is 0 Å². The molecule has 7 nitrogen and oxygen atoms in total. The number of fused-ring (bicyclic) bond motifs is 2. The van der Waals surface area contributed by atoms with Crippen LogP contribution in [0.25, 0.3) is 0 Å². The molecule has 0 amide bonds. The molecule has 132 valence electrons. The van der Waals surface area contributed by atoms with Crippen molar-refractivity contribution in [2.75, 3.05) is 28.6 Å². The third kappa shape index (κ3) is 2.64. The number of nitrogens with one attached hydrogen (secondary N) is 1. The van der Waals surface area contributed by atoms with Crippen molar-refractivity contribution in [3.05, 3.63) is 60.8 Å². The van der Waals surface area contributed by atoms with Crippen molar-refractivity contribution < 1.29 is 8.42 Å². The zero-order valence-corrected chi connectivity index (χ0v) is 15.1. The predicted octanol–water partition coefficient (Wildman–Crippen LogP) is 3.13. The molecule has 4 rings (SSSR count). The zero-order chi connectivity index (χ0) is 18.3. The molecule has 3 heterocycles. The molecule has 0 radical (unpaired) electrons. The number of aromatic nitrogens is 2. The number of pyridine rings is 2. The first-order chi connectivity index (χ1) is 12.5. The van der Waals surface area contributed by atoms with Crippen molar-refractivity contribution in [1.29, 1.82) is 0 Å². The molecule has 1 aliphatic heterocycles. The quantitative estimate of drug-likeness (QED) is 0.766. The van der Waals surface area contributed by atoms with E-state index in [0.29, 0.717) is 5.82 Å². The number of sulfonamides is 1. The Kier molecular flexibility index (Phi) is 3.77. The Morgan fingerprint density at radius 2 is 1.58 bits per heavy atom. The van der Waals surface area contributed by atoms with Crippen LogP contribution in [0, 0.1) is 0 Å². The normalized spacial score (nSPS) is 13.2. The second-order valence-corrected chi connectivity index (χ2v) is 7.60. The van der Waals surface area contributed by atoms with Crippen LogP contribution in [0.4, 0.5) is 28.8 Å². The lowest BCUT2D eigenvalue weighted by Gasteiger charge is -2.34. The Labute approximate surface area is 152 Å². The van der Waals surface area contributed by atoms with E-state index in [0.717, 1.165) is 17.2 Å². The molecule has 0 unspecified atom stereocenters. The molecular formula is C18H17N5O2S. The van der Waals surface area contributed by atoms with Crippen LogP contribution in [-0.4, -0.2) is 32.5 Å². The van der Waals surface area contributed by atoms with E-state index in [1.54, 1.807) is 42.6 Å². The summed E-state index contributed by atoms with van der Waals surface area (Å²) in [6, 6.07) is 15.6. The third-order valence-electron chi connectivity index (χ3n) is 4.27. The van der Waals surface area contributed by atoms with Crippen LogP contribution in [0.2, 0.25) is 0 Å². The summed E-state index contributed by atoms with van der Waals surface area (Å²) in [4.78, 5) is 12.9. The standard InChI is InChI=1S/C18H17N5O2S/c1-22-14-9-6-12-19-17(14)23(2)18-15(22)10-11-16(20-18)21-26(24,25)13-7-4-3-5-8-13/h3-12H,1-2H3,(H,20,21). The Morgan fingerprint density at radius 1 is 0.846 bits per heavy atom. The highest BCUT2D eigenvalue weighted by molar-refractivity contribution is 7.92. The molecule has 0 atom stereocenters. The highest BCUT2D eigenvalue weighted by Crippen LogP contribution is 2.44. The van der Waals surface area contributed by atoms with E-state index in [4.69, 9.17) is 0 Å². The Morgan fingerprint density at radius 3 is 2.35 bits per heavy atom. The van der Waals surface area contributed by atoms with Crippen molar-refractivity contribution in [1.82, 2.24) is 9.97 Å². The molecule has 1 aliphatic rings. The van der Waals surface area contributed by atoms with E-state index in [2.05, 4.69) is 14.7 Å². The summed E-state index contributed by atoms with van der Waals surface area (Å²) in [5.74, 6) is 1.65. The van der Waals surface area contributed by atoms with Crippen molar-refractivity contribution in [2.24, 2.45) is 0 Å². The van der Waals surface area contributed by atoms with Crippen LogP contribution in [-0.2, 0) is 10.0 Å². The third-order valence-corrected chi connectivity index (χ3v) is 5.64. The highest BCUT2D eigenvalue weighted by atomic mass is 32.2. The molecule has 1 N–H and O–H groups in total. The number of benzene rings is 1. The molecule has 0 saturated heterocycles. The fourth-order valence-electron chi connectivity index (χ4n) is 2.94. The maximum Gasteiger partial charge on any atom is 0.263 e. The minimum absolute atomic E-state index is 0.192. The molecule has 0 bridgehead atoms. The molecule has 0 spiro atoms. The summed E-state index contributed by atoms with van der Waals surface area (Å²) in [6.07, 6.45) is 1.72. The smallest absolute Gasteiger partial charge is 0.263 e. The lowest BCUT2D eigenvalue weighted by atomic mass is 10.2. The topological polar surface area (TPSA) is 78.4 Å². The van der Waals surface area contributed by atoms with E-state index in [9.17, 15) is 8.42 Å². The van der Waals surface area contributed by atoms with Gasteiger partial charge in [-0.2, -0.15) is 0 Å². The van der Waals surface area contributed by atoms with Crippen LogP contribution in [0.15, 0.2) is 65.7 Å². The van der Waals surface area contributed by atoms with Gasteiger partial charge in [0.1, 0.15) is 5.82 Å². The van der Waals surface area contributed by atoms with Gasteiger partial charge in [0.15, 0.2) is 11.6 Å². The summed E-state index contributed by atoms with van der Waals surface area (Å²) >= 11 is 0. The number of rotatable bonds is 3. The molecule has 3 aromatic rings. The summed E-state index contributed by atoms with van der Waals surface area (Å²) < 4.78 is 27.6. The van der Waals surface area contributed by atoms with Crippen LogP contribution in [0.3, 0.4) is 0 Å². The number of hydrogen-bond acceptors (Lipinski definition) is 6. The molecule has 8 heteroatoms. The Bertz CT molecular complexity index is 1070. The van der Waals surface area contributed by atoms with Crippen molar-refractivity contribution in [2.45, 2.75) is 4.90 Å². The highest BCUT2D eigenvalue weighted by Gasteiger charge is 2.27. The van der Waals surface area contributed by atoms with Crippen LogP contribution < -0.4 is 14.5 Å².